The number of rotatable bonds is 5. The maximum absolute atomic E-state index is 5.45. The van der Waals surface area contributed by atoms with Gasteiger partial charge in [0.05, 0.1) is 0 Å². The Labute approximate surface area is 148 Å². The van der Waals surface area contributed by atoms with Crippen molar-refractivity contribution >= 4 is 34.8 Å². The number of hydrogen-bond acceptors (Lipinski definition) is 3. The summed E-state index contributed by atoms with van der Waals surface area (Å²) in [6.45, 7) is 7.30. The Balaban J connectivity index is 1.49. The molecule has 3 aliphatic heterocycles. The van der Waals surface area contributed by atoms with Crippen LogP contribution in [0.1, 0.15) is 12.8 Å². The molecule has 0 aliphatic carbocycles. The van der Waals surface area contributed by atoms with Gasteiger partial charge in [-0.05, 0) is 67.9 Å². The Bertz CT molecular complexity index is 575. The van der Waals surface area contributed by atoms with Gasteiger partial charge in [-0.2, -0.15) is 0 Å². The van der Waals surface area contributed by atoms with Gasteiger partial charge < -0.3 is 10.6 Å². The van der Waals surface area contributed by atoms with Crippen molar-refractivity contribution in [3.8, 4) is 0 Å². The third-order valence-electron chi connectivity index (χ3n) is 5.06. The Kier molecular flexibility index (Phi) is 5.62. The summed E-state index contributed by atoms with van der Waals surface area (Å²) in [5.41, 5.74) is 1.05. The van der Waals surface area contributed by atoms with Crippen molar-refractivity contribution in [2.75, 3.05) is 31.2 Å². The van der Waals surface area contributed by atoms with E-state index in [0.29, 0.717) is 17.1 Å². The number of nitrogens with zero attached hydrogens (tertiary/aromatic N) is 1. The lowest BCUT2D eigenvalue weighted by atomic mass is 9.76. The summed E-state index contributed by atoms with van der Waals surface area (Å²) in [5.74, 6) is 1.49. The van der Waals surface area contributed by atoms with Gasteiger partial charge in [0.1, 0.15) is 0 Å². The van der Waals surface area contributed by atoms with Crippen LogP contribution in [-0.4, -0.2) is 41.9 Å². The Hall–Kier alpha value is -1.04. The second kappa shape index (κ2) is 7.69. The van der Waals surface area contributed by atoms with Gasteiger partial charge in [0, 0.05) is 29.7 Å². The molecular formula is C18H25N3S2. The molecule has 0 aromatic heterocycles. The highest BCUT2D eigenvalue weighted by Crippen LogP contribution is 2.36. The van der Waals surface area contributed by atoms with E-state index < -0.39 is 0 Å². The average Bonchev–Trinajstić information content (AvgIpc) is 2.60. The molecule has 23 heavy (non-hydrogen) atoms. The van der Waals surface area contributed by atoms with Crippen molar-refractivity contribution in [1.29, 1.82) is 0 Å². The summed E-state index contributed by atoms with van der Waals surface area (Å²) in [6.07, 6.45) is 6.80. The zero-order valence-electron chi connectivity index (χ0n) is 13.6. The molecule has 4 atom stereocenters. The molecule has 1 aromatic rings. The second-order valence-corrected chi connectivity index (χ2v) is 7.69. The van der Waals surface area contributed by atoms with E-state index in [1.807, 2.05) is 0 Å². The summed E-state index contributed by atoms with van der Waals surface area (Å²) in [4.78, 5) is 3.83. The van der Waals surface area contributed by atoms with Gasteiger partial charge in [0.15, 0.2) is 5.11 Å². The number of hydrogen-bond donors (Lipinski definition) is 2. The normalized spacial score (nSPS) is 29.1. The third-order valence-corrected chi connectivity index (χ3v) is 6.03. The lowest BCUT2D eigenvalue weighted by Crippen LogP contribution is -2.56. The minimum atomic E-state index is 0.599. The van der Waals surface area contributed by atoms with Gasteiger partial charge in [0.2, 0.25) is 0 Å². The minimum Gasteiger partial charge on any atom is -0.361 e. The number of thiocarbonyl (C=S) groups is 1. The van der Waals surface area contributed by atoms with Crippen LogP contribution in [0.25, 0.3) is 0 Å². The molecule has 5 heteroatoms. The van der Waals surface area contributed by atoms with Gasteiger partial charge in [-0.1, -0.05) is 12.1 Å². The van der Waals surface area contributed by atoms with E-state index in [1.54, 1.807) is 11.8 Å². The molecule has 3 saturated heterocycles. The van der Waals surface area contributed by atoms with E-state index in [0.717, 1.165) is 24.7 Å². The quantitative estimate of drug-likeness (QED) is 0.482. The molecule has 0 radical (unpaired) electrons. The number of anilines is 1. The summed E-state index contributed by atoms with van der Waals surface area (Å²) in [7, 11) is 0. The predicted octanol–water partition coefficient (Wildman–Crippen LogP) is 3.59. The van der Waals surface area contributed by atoms with Crippen molar-refractivity contribution in [3.63, 3.8) is 0 Å². The van der Waals surface area contributed by atoms with Crippen LogP contribution in [0.2, 0.25) is 0 Å². The van der Waals surface area contributed by atoms with Gasteiger partial charge in [-0.15, -0.1) is 18.3 Å². The van der Waals surface area contributed by atoms with Crippen LogP contribution < -0.4 is 10.6 Å². The first-order chi connectivity index (χ1) is 11.2. The van der Waals surface area contributed by atoms with Gasteiger partial charge in [-0.25, -0.2) is 0 Å². The molecule has 0 saturated carbocycles. The second-order valence-electron chi connectivity index (χ2n) is 6.40. The van der Waals surface area contributed by atoms with Crippen LogP contribution in [-0.2, 0) is 0 Å². The molecule has 3 heterocycles. The topological polar surface area (TPSA) is 27.3 Å². The maximum atomic E-state index is 5.45. The minimum absolute atomic E-state index is 0.599. The highest BCUT2D eigenvalue weighted by Gasteiger charge is 2.38. The van der Waals surface area contributed by atoms with Crippen molar-refractivity contribution in [2.24, 2.45) is 11.8 Å². The Morgan fingerprint density at radius 2 is 2.39 bits per heavy atom. The zero-order valence-corrected chi connectivity index (χ0v) is 15.3. The molecule has 3 fully saturated rings. The molecule has 3 nitrogen and oxygen atoms in total. The standard InChI is InChI=1S/C18H25N3S2/c1-3-13-12-21-8-7-14(13)9-16(21)11-19-18(22)20-15-5-4-6-17(10-15)23-2/h3-6,10,13-14,16H,1,7-9,11-12H2,2H3,(H2,19,20,22)/t13-,14+,16+/m0/s1. The van der Waals surface area contributed by atoms with E-state index in [9.17, 15) is 0 Å². The van der Waals surface area contributed by atoms with E-state index in [4.69, 9.17) is 12.2 Å². The first-order valence-corrected chi connectivity index (χ1v) is 9.88. The Morgan fingerprint density at radius 3 is 3.09 bits per heavy atom. The summed E-state index contributed by atoms with van der Waals surface area (Å²) in [6, 6.07) is 8.93. The summed E-state index contributed by atoms with van der Waals surface area (Å²) in [5, 5.41) is 7.41. The lowest BCUT2D eigenvalue weighted by molar-refractivity contribution is 0.0215. The highest BCUT2D eigenvalue weighted by molar-refractivity contribution is 7.98. The van der Waals surface area contributed by atoms with Crippen LogP contribution >= 0.6 is 24.0 Å². The number of piperidine rings is 3. The fourth-order valence-electron chi connectivity index (χ4n) is 3.75. The van der Waals surface area contributed by atoms with Gasteiger partial charge in [-0.3, -0.25) is 4.90 Å². The van der Waals surface area contributed by atoms with Crippen LogP contribution in [0.5, 0.6) is 0 Å². The number of thioether (sulfide) groups is 1. The zero-order chi connectivity index (χ0) is 16.2. The Morgan fingerprint density at radius 1 is 1.52 bits per heavy atom. The molecule has 3 aliphatic rings. The largest absolute Gasteiger partial charge is 0.361 e. The van der Waals surface area contributed by atoms with Crippen LogP contribution in [0.3, 0.4) is 0 Å². The number of nitrogens with one attached hydrogen (secondary N) is 2. The fourth-order valence-corrected chi connectivity index (χ4v) is 4.41. The SMILES string of the molecule is C=C[C@H]1CN2CC[C@@H]1C[C@@H]2CNC(=S)Nc1cccc(SC)c1. The molecule has 2 N–H and O–H groups in total. The average molecular weight is 348 g/mol. The van der Waals surface area contributed by atoms with Crippen LogP contribution in [0.4, 0.5) is 5.69 Å². The first-order valence-electron chi connectivity index (χ1n) is 8.25. The maximum Gasteiger partial charge on any atom is 0.170 e. The number of benzene rings is 1. The fraction of sp³-hybridized carbons (Fsp3) is 0.500. The molecule has 1 aromatic carbocycles. The monoisotopic (exact) mass is 347 g/mol. The van der Waals surface area contributed by atoms with Crippen LogP contribution in [0, 0.1) is 11.8 Å². The first kappa shape index (κ1) is 16.8. The van der Waals surface area contributed by atoms with E-state index in [-0.39, 0.29) is 0 Å². The number of fused-ring (bicyclic) bond motifs is 3. The van der Waals surface area contributed by atoms with Crippen molar-refractivity contribution in [3.05, 3.63) is 36.9 Å². The molecule has 1 unspecified atom stereocenters. The van der Waals surface area contributed by atoms with Crippen molar-refractivity contribution < 1.29 is 0 Å². The predicted molar refractivity (Wildman–Crippen MR) is 104 cm³/mol. The van der Waals surface area contributed by atoms with E-state index in [1.165, 1.54) is 24.3 Å². The molecule has 0 amide bonds. The molecule has 124 valence electrons. The molecular weight excluding hydrogens is 322 g/mol. The molecule has 2 bridgehead atoms. The highest BCUT2D eigenvalue weighted by atomic mass is 32.2. The van der Waals surface area contributed by atoms with Crippen molar-refractivity contribution in [1.82, 2.24) is 10.2 Å². The third kappa shape index (κ3) is 4.08. The smallest absolute Gasteiger partial charge is 0.170 e. The van der Waals surface area contributed by atoms with Crippen molar-refractivity contribution in [2.45, 2.75) is 23.8 Å². The van der Waals surface area contributed by atoms with Crippen LogP contribution in [0.15, 0.2) is 41.8 Å². The summed E-state index contributed by atoms with van der Waals surface area (Å²) >= 11 is 7.19. The van der Waals surface area contributed by atoms with Gasteiger partial charge >= 0.3 is 0 Å². The lowest BCUT2D eigenvalue weighted by Gasteiger charge is -2.49. The molecule has 0 spiro atoms. The van der Waals surface area contributed by atoms with E-state index in [2.05, 4.69) is 58.7 Å². The summed E-state index contributed by atoms with van der Waals surface area (Å²) < 4.78 is 0. The molecule has 4 rings (SSSR count). The van der Waals surface area contributed by atoms with E-state index >= 15 is 0 Å². The van der Waals surface area contributed by atoms with Gasteiger partial charge in [0.25, 0.3) is 0 Å².